The van der Waals surface area contributed by atoms with Crippen LogP contribution in [0.5, 0.6) is 0 Å². The summed E-state index contributed by atoms with van der Waals surface area (Å²) in [7, 11) is 2.03. The lowest BCUT2D eigenvalue weighted by molar-refractivity contribution is -0.133. The number of hydrogen-bond acceptors (Lipinski definition) is 3. The summed E-state index contributed by atoms with van der Waals surface area (Å²) in [5.74, 6) is 0.792. The number of benzene rings is 2. The van der Waals surface area contributed by atoms with Gasteiger partial charge >= 0.3 is 0 Å². The molecule has 2 aromatic carbocycles. The molecule has 2 heterocycles. The number of likely N-dealkylation sites (tertiary alicyclic amines) is 1. The first-order valence-corrected chi connectivity index (χ1v) is 10.6. The van der Waals surface area contributed by atoms with Gasteiger partial charge in [0.15, 0.2) is 0 Å². The van der Waals surface area contributed by atoms with Gasteiger partial charge in [0.25, 0.3) is 0 Å². The zero-order valence-electron chi connectivity index (χ0n) is 16.7. The number of carbonyl (C=O) groups excluding carboxylic acids is 1. The predicted octanol–water partition coefficient (Wildman–Crippen LogP) is 3.99. The molecule has 3 aliphatic rings. The van der Waals surface area contributed by atoms with E-state index in [1.54, 1.807) is 12.1 Å². The van der Waals surface area contributed by atoms with Crippen LogP contribution in [-0.2, 0) is 4.79 Å². The highest BCUT2D eigenvalue weighted by Crippen LogP contribution is 2.50. The minimum atomic E-state index is -0.245. The first-order chi connectivity index (χ1) is 14.1. The van der Waals surface area contributed by atoms with E-state index < -0.39 is 0 Å². The van der Waals surface area contributed by atoms with Gasteiger partial charge in [-0.3, -0.25) is 4.79 Å². The molecule has 0 unspecified atom stereocenters. The fourth-order valence-electron chi connectivity index (χ4n) is 5.24. The molecule has 5 rings (SSSR count). The Morgan fingerprint density at radius 1 is 1.10 bits per heavy atom. The monoisotopic (exact) mass is 394 g/mol. The van der Waals surface area contributed by atoms with E-state index in [9.17, 15) is 14.3 Å². The highest BCUT2D eigenvalue weighted by molar-refractivity contribution is 5.79. The molecule has 3 atom stereocenters. The van der Waals surface area contributed by atoms with E-state index in [1.165, 1.54) is 25.0 Å². The molecule has 1 aliphatic carbocycles. The van der Waals surface area contributed by atoms with Gasteiger partial charge in [-0.1, -0.05) is 18.2 Å². The van der Waals surface area contributed by atoms with Crippen LogP contribution in [0.15, 0.2) is 42.5 Å². The van der Waals surface area contributed by atoms with Crippen LogP contribution in [0, 0.1) is 17.7 Å². The predicted molar refractivity (Wildman–Crippen MR) is 111 cm³/mol. The van der Waals surface area contributed by atoms with E-state index in [1.807, 2.05) is 13.1 Å². The van der Waals surface area contributed by atoms with Gasteiger partial charge in [-0.15, -0.1) is 0 Å². The fourth-order valence-corrected chi connectivity index (χ4v) is 5.24. The van der Waals surface area contributed by atoms with Gasteiger partial charge in [-0.05, 0) is 66.1 Å². The number of hydrogen-bond donors (Lipinski definition) is 1. The Morgan fingerprint density at radius 2 is 1.83 bits per heavy atom. The van der Waals surface area contributed by atoms with E-state index in [4.69, 9.17) is 0 Å². The quantitative estimate of drug-likeness (QED) is 0.853. The maximum atomic E-state index is 13.4. The minimum Gasteiger partial charge on any atom is -0.394 e. The molecule has 5 heteroatoms. The van der Waals surface area contributed by atoms with Crippen molar-refractivity contribution in [2.24, 2.45) is 11.8 Å². The van der Waals surface area contributed by atoms with Crippen LogP contribution in [0.3, 0.4) is 0 Å². The molecule has 152 valence electrons. The molecule has 1 N–H and O–H groups in total. The topological polar surface area (TPSA) is 43.8 Å². The summed E-state index contributed by atoms with van der Waals surface area (Å²) in [5.41, 5.74) is 4.21. The van der Waals surface area contributed by atoms with Gasteiger partial charge in [-0.2, -0.15) is 0 Å². The summed E-state index contributed by atoms with van der Waals surface area (Å²) in [6.45, 7) is 0.840. The molecule has 29 heavy (non-hydrogen) atoms. The van der Waals surface area contributed by atoms with Crippen molar-refractivity contribution in [3.63, 3.8) is 0 Å². The maximum absolute atomic E-state index is 13.4. The van der Waals surface area contributed by atoms with Crippen LogP contribution in [0.1, 0.15) is 37.3 Å². The molecule has 2 aliphatic heterocycles. The van der Waals surface area contributed by atoms with E-state index in [-0.39, 0.29) is 36.3 Å². The summed E-state index contributed by atoms with van der Waals surface area (Å²) < 4.78 is 13.4. The second kappa shape index (κ2) is 7.13. The van der Waals surface area contributed by atoms with Crippen LogP contribution in [0.2, 0.25) is 0 Å². The largest absolute Gasteiger partial charge is 0.394 e. The Morgan fingerprint density at radius 3 is 2.52 bits per heavy atom. The number of carbonyl (C=O) groups is 1. The van der Waals surface area contributed by atoms with Crippen LogP contribution in [-0.4, -0.2) is 42.2 Å². The van der Waals surface area contributed by atoms with Crippen molar-refractivity contribution in [3.05, 3.63) is 53.8 Å². The van der Waals surface area contributed by atoms with Crippen molar-refractivity contribution in [1.29, 1.82) is 0 Å². The lowest BCUT2D eigenvalue weighted by atomic mass is 9.81. The van der Waals surface area contributed by atoms with Crippen molar-refractivity contribution in [3.8, 4) is 11.1 Å². The number of amides is 1. The molecule has 0 aromatic heterocycles. The zero-order valence-corrected chi connectivity index (χ0v) is 16.7. The minimum absolute atomic E-state index is 0.00463. The molecule has 2 aromatic rings. The fraction of sp³-hybridized carbons (Fsp3) is 0.458. The maximum Gasteiger partial charge on any atom is 0.223 e. The van der Waals surface area contributed by atoms with E-state index >= 15 is 0 Å². The molecular formula is C24H27FN2O2. The van der Waals surface area contributed by atoms with Crippen molar-refractivity contribution < 1.29 is 14.3 Å². The second-order valence-electron chi connectivity index (χ2n) is 8.77. The van der Waals surface area contributed by atoms with Crippen molar-refractivity contribution in [1.82, 2.24) is 4.90 Å². The van der Waals surface area contributed by atoms with Gasteiger partial charge < -0.3 is 14.9 Å². The number of rotatable bonds is 4. The Balaban J connectivity index is 1.56. The molecule has 2 fully saturated rings. The van der Waals surface area contributed by atoms with Crippen LogP contribution in [0.25, 0.3) is 11.1 Å². The lowest BCUT2D eigenvalue weighted by Gasteiger charge is -2.44. The van der Waals surface area contributed by atoms with Gasteiger partial charge in [-0.25, -0.2) is 4.39 Å². The van der Waals surface area contributed by atoms with E-state index in [0.717, 1.165) is 35.3 Å². The van der Waals surface area contributed by atoms with Crippen molar-refractivity contribution in [2.75, 3.05) is 25.1 Å². The van der Waals surface area contributed by atoms with E-state index in [0.29, 0.717) is 12.3 Å². The Hall–Kier alpha value is -2.40. The van der Waals surface area contributed by atoms with Gasteiger partial charge in [0.1, 0.15) is 5.82 Å². The summed E-state index contributed by atoms with van der Waals surface area (Å²) in [4.78, 5) is 17.3. The SMILES string of the molecule is CN1c2ccc(-c3ccc(F)cc3)cc2[C@@H]2[C@@H](CCN2C(=O)CC2CC2)[C@H]1CO. The lowest BCUT2D eigenvalue weighted by Crippen LogP contribution is -2.48. The smallest absolute Gasteiger partial charge is 0.223 e. The molecule has 1 amide bonds. The average molecular weight is 394 g/mol. The van der Waals surface area contributed by atoms with E-state index in [2.05, 4.69) is 21.9 Å². The van der Waals surface area contributed by atoms with Crippen LogP contribution in [0.4, 0.5) is 10.1 Å². The van der Waals surface area contributed by atoms with Crippen molar-refractivity contribution >= 4 is 11.6 Å². The van der Waals surface area contributed by atoms with Gasteiger partial charge in [0.2, 0.25) is 5.91 Å². The molecule has 4 nitrogen and oxygen atoms in total. The second-order valence-corrected chi connectivity index (χ2v) is 8.77. The number of fused-ring (bicyclic) bond motifs is 3. The Labute approximate surface area is 170 Å². The summed E-state index contributed by atoms with van der Waals surface area (Å²) in [6.07, 6.45) is 3.90. The number of nitrogens with zero attached hydrogens (tertiary/aromatic N) is 2. The number of aliphatic hydroxyl groups excluding tert-OH is 1. The number of likely N-dealkylation sites (N-methyl/N-ethyl adjacent to an activating group) is 1. The van der Waals surface area contributed by atoms with Gasteiger partial charge in [0.05, 0.1) is 18.7 Å². The Kier molecular flexibility index (Phi) is 4.58. The standard InChI is InChI=1S/C24H27FN2O2/c1-26-21-9-6-17(16-4-7-18(25)8-5-16)13-20(21)24-19(22(26)14-28)10-11-27(24)23(29)12-15-2-3-15/h4-9,13,15,19,22,24,28H,2-3,10-12,14H2,1H3/t19-,22+,24-/m0/s1. The molecule has 0 bridgehead atoms. The number of halogens is 1. The normalized spacial score (nSPS) is 25.7. The third kappa shape index (κ3) is 3.21. The third-order valence-corrected chi connectivity index (χ3v) is 7.01. The molecule has 1 saturated carbocycles. The van der Waals surface area contributed by atoms with Crippen LogP contribution >= 0.6 is 0 Å². The molecular weight excluding hydrogens is 367 g/mol. The van der Waals surface area contributed by atoms with Crippen molar-refractivity contribution in [2.45, 2.75) is 37.8 Å². The zero-order chi connectivity index (χ0) is 20.1. The first kappa shape index (κ1) is 18.6. The highest BCUT2D eigenvalue weighted by atomic mass is 19.1. The highest BCUT2D eigenvalue weighted by Gasteiger charge is 2.48. The summed E-state index contributed by atoms with van der Waals surface area (Å²) >= 11 is 0. The summed E-state index contributed by atoms with van der Waals surface area (Å²) in [5, 5.41) is 10.1. The molecule has 0 spiro atoms. The Bertz CT molecular complexity index is 925. The average Bonchev–Trinajstić information content (AvgIpc) is 3.43. The first-order valence-electron chi connectivity index (χ1n) is 10.6. The van der Waals surface area contributed by atoms with Crippen LogP contribution < -0.4 is 4.90 Å². The number of anilines is 1. The third-order valence-electron chi connectivity index (χ3n) is 7.01. The summed E-state index contributed by atoms with van der Waals surface area (Å²) in [6, 6.07) is 12.8. The van der Waals surface area contributed by atoms with Gasteiger partial charge in [0, 0.05) is 31.6 Å². The molecule has 1 saturated heterocycles. The molecule has 0 radical (unpaired) electrons. The number of aliphatic hydroxyl groups is 1.